The Balaban J connectivity index is 5.37. The van der Waals surface area contributed by atoms with E-state index >= 15 is 0 Å². The fraction of sp³-hybridized carbons (Fsp3) is 0.750. The smallest absolute Gasteiger partial charge is 0.322 e. The van der Waals surface area contributed by atoms with E-state index in [-0.39, 0.29) is 24.3 Å². The van der Waals surface area contributed by atoms with Gasteiger partial charge in [-0.25, -0.2) is 0 Å². The van der Waals surface area contributed by atoms with Crippen LogP contribution in [0.4, 0.5) is 0 Å². The molecule has 0 aromatic carbocycles. The van der Waals surface area contributed by atoms with Crippen LogP contribution < -0.4 is 21.3 Å². The van der Waals surface area contributed by atoms with Crippen LogP contribution in [0.2, 0.25) is 0 Å². The monoisotopic (exact) mass is 613 g/mol. The summed E-state index contributed by atoms with van der Waals surface area (Å²) in [4.78, 5) is 91.4. The molecule has 15 nitrogen and oxygen atoms in total. The van der Waals surface area contributed by atoms with Gasteiger partial charge in [0, 0.05) is 21.1 Å². The Morgan fingerprint density at radius 3 is 1.74 bits per heavy atom. The zero-order valence-electron chi connectivity index (χ0n) is 27.3. The minimum absolute atomic E-state index is 0.0910. The molecule has 5 atom stereocenters. The fourth-order valence-electron chi connectivity index (χ4n) is 4.20. The van der Waals surface area contributed by atoms with E-state index in [1.165, 1.54) is 39.9 Å². The summed E-state index contributed by atoms with van der Waals surface area (Å²) in [6.45, 7) is 10.8. The van der Waals surface area contributed by atoms with E-state index in [2.05, 4.69) is 21.3 Å². The Bertz CT molecular complexity index is 1020. The van der Waals surface area contributed by atoms with Gasteiger partial charge >= 0.3 is 5.97 Å². The van der Waals surface area contributed by atoms with Gasteiger partial charge in [-0.15, -0.1) is 0 Å². The van der Waals surface area contributed by atoms with Crippen molar-refractivity contribution in [2.45, 2.75) is 85.1 Å². The van der Waals surface area contributed by atoms with E-state index in [1.54, 1.807) is 27.8 Å². The minimum atomic E-state index is -1.23. The lowest BCUT2D eigenvalue weighted by molar-refractivity contribution is -0.146. The van der Waals surface area contributed by atoms with Crippen LogP contribution in [0.1, 0.15) is 54.9 Å². The number of carboxylic acids is 1. The molecule has 0 heterocycles. The number of likely N-dealkylation sites (N-methyl/N-ethyl adjacent to an activating group) is 4. The standard InChI is InChI=1S/C28H51N7O8/c1-15(2)12-20(32-24(39)17(5)29-8)28(43)33(9)14-21(36)34(10)19(7)25(40)31-18(6)27(42)35(11)23(16(3)4)26(41)30-13-22(37)38/h15-20,23,29H,12-14H2,1-11H3,(H,30,41)(H,31,40)(H,32,39)(H,37,38)/t17-,18-,19-,20-,23-/m0/s1. The molecular weight excluding hydrogens is 562 g/mol. The van der Waals surface area contributed by atoms with Crippen LogP contribution in [0.5, 0.6) is 0 Å². The summed E-state index contributed by atoms with van der Waals surface area (Å²) in [6.07, 6.45) is 0.368. The number of amides is 6. The van der Waals surface area contributed by atoms with Crippen molar-refractivity contribution < 1.29 is 38.7 Å². The van der Waals surface area contributed by atoms with Crippen molar-refractivity contribution in [1.82, 2.24) is 36.0 Å². The first-order valence-electron chi connectivity index (χ1n) is 14.3. The Hall–Kier alpha value is -3.75. The Labute approximate surface area is 254 Å². The molecule has 246 valence electrons. The number of nitrogens with one attached hydrogen (secondary N) is 4. The number of nitrogens with zero attached hydrogens (tertiary/aromatic N) is 3. The van der Waals surface area contributed by atoms with Gasteiger partial charge in [0.05, 0.1) is 12.6 Å². The predicted octanol–water partition coefficient (Wildman–Crippen LogP) is -1.38. The summed E-state index contributed by atoms with van der Waals surface area (Å²) >= 11 is 0. The largest absolute Gasteiger partial charge is 0.480 e. The highest BCUT2D eigenvalue weighted by Crippen LogP contribution is 2.12. The lowest BCUT2D eigenvalue weighted by Crippen LogP contribution is -2.58. The summed E-state index contributed by atoms with van der Waals surface area (Å²) in [5.41, 5.74) is 0. The quantitative estimate of drug-likeness (QED) is 0.131. The molecule has 5 N–H and O–H groups in total. The highest BCUT2D eigenvalue weighted by Gasteiger charge is 2.34. The molecule has 6 amide bonds. The van der Waals surface area contributed by atoms with Gasteiger partial charge in [0.2, 0.25) is 35.4 Å². The van der Waals surface area contributed by atoms with E-state index in [9.17, 15) is 33.6 Å². The summed E-state index contributed by atoms with van der Waals surface area (Å²) in [7, 11) is 5.85. The molecule has 0 saturated heterocycles. The van der Waals surface area contributed by atoms with Crippen LogP contribution in [0.15, 0.2) is 0 Å². The number of rotatable bonds is 17. The molecule has 0 aromatic heterocycles. The second-order valence-electron chi connectivity index (χ2n) is 11.6. The molecule has 0 radical (unpaired) electrons. The molecular formula is C28H51N7O8. The van der Waals surface area contributed by atoms with Gasteiger partial charge in [-0.05, 0) is 46.1 Å². The predicted molar refractivity (Wildman–Crippen MR) is 159 cm³/mol. The molecule has 0 spiro atoms. The number of aliphatic carboxylic acids is 1. The fourth-order valence-corrected chi connectivity index (χ4v) is 4.20. The van der Waals surface area contributed by atoms with Gasteiger partial charge in [-0.3, -0.25) is 33.6 Å². The molecule has 0 bridgehead atoms. The number of hydrogen-bond donors (Lipinski definition) is 5. The topological polar surface area (TPSA) is 198 Å². The van der Waals surface area contributed by atoms with Gasteiger partial charge in [0.25, 0.3) is 0 Å². The molecule has 0 aliphatic heterocycles. The normalized spacial score (nSPS) is 14.5. The molecule has 0 fully saturated rings. The molecule has 43 heavy (non-hydrogen) atoms. The highest BCUT2D eigenvalue weighted by atomic mass is 16.4. The maximum Gasteiger partial charge on any atom is 0.322 e. The second-order valence-corrected chi connectivity index (χ2v) is 11.6. The third kappa shape index (κ3) is 12.6. The van der Waals surface area contributed by atoms with Gasteiger partial charge in [0.1, 0.15) is 30.7 Å². The third-order valence-corrected chi connectivity index (χ3v) is 7.06. The van der Waals surface area contributed by atoms with E-state index < -0.39 is 72.3 Å². The van der Waals surface area contributed by atoms with Gasteiger partial charge in [-0.2, -0.15) is 0 Å². The van der Waals surface area contributed by atoms with Crippen LogP contribution in [0, 0.1) is 11.8 Å². The number of carbonyl (C=O) groups is 7. The number of carbonyl (C=O) groups excluding carboxylic acids is 6. The third-order valence-electron chi connectivity index (χ3n) is 7.06. The van der Waals surface area contributed by atoms with Crippen LogP contribution in [-0.4, -0.2) is 133 Å². The molecule has 0 unspecified atom stereocenters. The molecule has 0 rings (SSSR count). The van der Waals surface area contributed by atoms with Gasteiger partial charge in [0.15, 0.2) is 0 Å². The summed E-state index contributed by atoms with van der Waals surface area (Å²) in [6, 6.07) is -4.41. The molecule has 0 aromatic rings. The average Bonchev–Trinajstić information content (AvgIpc) is 2.92. The zero-order chi connectivity index (χ0) is 33.8. The maximum atomic E-state index is 13.1. The molecule has 0 aliphatic carbocycles. The van der Waals surface area contributed by atoms with Crippen molar-refractivity contribution >= 4 is 41.4 Å². The number of hydrogen-bond acceptors (Lipinski definition) is 8. The van der Waals surface area contributed by atoms with Crippen molar-refractivity contribution in [1.29, 1.82) is 0 Å². The zero-order valence-corrected chi connectivity index (χ0v) is 27.3. The lowest BCUT2D eigenvalue weighted by atomic mass is 10.0. The van der Waals surface area contributed by atoms with Crippen molar-refractivity contribution in [3.05, 3.63) is 0 Å². The Morgan fingerprint density at radius 2 is 1.28 bits per heavy atom. The van der Waals surface area contributed by atoms with Crippen molar-refractivity contribution in [3.8, 4) is 0 Å². The van der Waals surface area contributed by atoms with E-state index in [1.807, 2.05) is 13.8 Å². The molecule has 0 aliphatic rings. The first kappa shape index (κ1) is 39.2. The first-order valence-corrected chi connectivity index (χ1v) is 14.3. The highest BCUT2D eigenvalue weighted by molar-refractivity contribution is 5.95. The second kappa shape index (κ2) is 18.0. The van der Waals surface area contributed by atoms with Crippen molar-refractivity contribution in [3.63, 3.8) is 0 Å². The van der Waals surface area contributed by atoms with Crippen LogP contribution in [-0.2, 0) is 33.6 Å². The summed E-state index contributed by atoms with van der Waals surface area (Å²) < 4.78 is 0. The van der Waals surface area contributed by atoms with Crippen molar-refractivity contribution in [2.75, 3.05) is 41.3 Å². The summed E-state index contributed by atoms with van der Waals surface area (Å²) in [5.74, 6) is -4.69. The van der Waals surface area contributed by atoms with Gasteiger partial charge in [-0.1, -0.05) is 27.7 Å². The lowest BCUT2D eigenvalue weighted by Gasteiger charge is -2.33. The van der Waals surface area contributed by atoms with Crippen LogP contribution in [0.25, 0.3) is 0 Å². The van der Waals surface area contributed by atoms with E-state index in [0.29, 0.717) is 6.42 Å². The van der Waals surface area contributed by atoms with Crippen molar-refractivity contribution in [2.24, 2.45) is 11.8 Å². The minimum Gasteiger partial charge on any atom is -0.480 e. The van der Waals surface area contributed by atoms with E-state index in [0.717, 1.165) is 9.80 Å². The number of carboxylic acid groups (broad SMARTS) is 1. The van der Waals surface area contributed by atoms with Crippen LogP contribution in [0.3, 0.4) is 0 Å². The van der Waals surface area contributed by atoms with Gasteiger partial charge < -0.3 is 41.1 Å². The SMILES string of the molecule is CN[C@@H](C)C(=O)N[C@@H](CC(C)C)C(=O)N(C)CC(=O)N(C)[C@@H](C)C(=O)N[C@@H](C)C(=O)N(C)[C@H](C(=O)NCC(=O)O)C(C)C. The summed E-state index contributed by atoms with van der Waals surface area (Å²) in [5, 5.41) is 19.2. The Kier molecular flexibility index (Phi) is 16.5. The van der Waals surface area contributed by atoms with Crippen LogP contribution >= 0.6 is 0 Å². The molecule has 0 saturated carbocycles. The van der Waals surface area contributed by atoms with E-state index in [4.69, 9.17) is 5.11 Å². The average molecular weight is 614 g/mol. The maximum absolute atomic E-state index is 13.1. The molecule has 15 heteroatoms. The first-order chi connectivity index (χ1) is 19.8. The Morgan fingerprint density at radius 1 is 0.721 bits per heavy atom.